The van der Waals surface area contributed by atoms with Crippen LogP contribution in [0.3, 0.4) is 0 Å². The fourth-order valence-corrected chi connectivity index (χ4v) is 7.29. The Kier molecular flexibility index (Phi) is 4.36. The van der Waals surface area contributed by atoms with Crippen LogP contribution in [-0.4, -0.2) is 17.9 Å². The summed E-state index contributed by atoms with van der Waals surface area (Å²) in [5, 5.41) is 0. The SMILES string of the molecule is CCC(=O)O[C@H]1CC[C@H]2[C@@H]3[C@@H](C)CC4=CC(=O)CC[C@]4(C)[C@H]3CC[C@]12C. The quantitative estimate of drug-likeness (QED) is 0.646. The van der Waals surface area contributed by atoms with Gasteiger partial charge in [0.05, 0.1) is 0 Å². The highest BCUT2D eigenvalue weighted by molar-refractivity contribution is 5.91. The molecule has 144 valence electrons. The normalized spacial score (nSPS) is 47.5. The Bertz CT molecular complexity index is 650. The molecule has 0 bridgehead atoms. The highest BCUT2D eigenvalue weighted by Gasteiger charge is 2.61. The molecule has 0 heterocycles. The summed E-state index contributed by atoms with van der Waals surface area (Å²) in [4.78, 5) is 23.9. The molecule has 0 radical (unpaired) electrons. The molecule has 0 aromatic carbocycles. The molecule has 4 rings (SSSR count). The van der Waals surface area contributed by atoms with Crippen molar-refractivity contribution in [3.8, 4) is 0 Å². The van der Waals surface area contributed by atoms with Crippen LogP contribution in [0.25, 0.3) is 0 Å². The first-order valence-corrected chi connectivity index (χ1v) is 10.7. The van der Waals surface area contributed by atoms with Crippen molar-refractivity contribution in [1.82, 2.24) is 0 Å². The molecule has 0 aromatic heterocycles. The Labute approximate surface area is 157 Å². The number of esters is 1. The highest BCUT2D eigenvalue weighted by Crippen LogP contribution is 2.66. The summed E-state index contributed by atoms with van der Waals surface area (Å²) in [5.41, 5.74) is 1.78. The number of rotatable bonds is 2. The maximum atomic E-state index is 12.0. The lowest BCUT2D eigenvalue weighted by Crippen LogP contribution is -2.54. The number of hydrogen-bond donors (Lipinski definition) is 0. The zero-order chi connectivity index (χ0) is 18.7. The monoisotopic (exact) mass is 358 g/mol. The van der Waals surface area contributed by atoms with Crippen LogP contribution in [0, 0.1) is 34.5 Å². The molecule has 0 unspecified atom stereocenters. The van der Waals surface area contributed by atoms with E-state index >= 15 is 0 Å². The van der Waals surface area contributed by atoms with Gasteiger partial charge in [-0.05, 0) is 73.7 Å². The number of allylic oxidation sites excluding steroid dienone is 1. The predicted octanol–water partition coefficient (Wildman–Crippen LogP) is 5.09. The molecule has 0 amide bonds. The van der Waals surface area contributed by atoms with Crippen molar-refractivity contribution in [2.24, 2.45) is 34.5 Å². The Hall–Kier alpha value is -1.12. The molecule has 3 fully saturated rings. The lowest BCUT2D eigenvalue weighted by atomic mass is 9.45. The molecular formula is C23H34O3. The average molecular weight is 359 g/mol. The van der Waals surface area contributed by atoms with Crippen molar-refractivity contribution in [3.63, 3.8) is 0 Å². The summed E-state index contributed by atoms with van der Waals surface area (Å²) >= 11 is 0. The van der Waals surface area contributed by atoms with Crippen molar-refractivity contribution in [2.75, 3.05) is 0 Å². The van der Waals surface area contributed by atoms with Crippen molar-refractivity contribution in [1.29, 1.82) is 0 Å². The number of fused-ring (bicyclic) bond motifs is 5. The molecule has 4 aliphatic rings. The zero-order valence-corrected chi connectivity index (χ0v) is 16.8. The molecule has 4 aliphatic carbocycles. The van der Waals surface area contributed by atoms with Crippen LogP contribution >= 0.6 is 0 Å². The number of ketones is 1. The Morgan fingerprint density at radius 2 is 1.96 bits per heavy atom. The average Bonchev–Trinajstić information content (AvgIpc) is 2.93. The van der Waals surface area contributed by atoms with Crippen LogP contribution in [0.1, 0.15) is 79.1 Å². The minimum absolute atomic E-state index is 0.0429. The lowest BCUT2D eigenvalue weighted by molar-refractivity contribution is -0.160. The van der Waals surface area contributed by atoms with Crippen molar-refractivity contribution < 1.29 is 14.3 Å². The van der Waals surface area contributed by atoms with Crippen molar-refractivity contribution in [3.05, 3.63) is 11.6 Å². The predicted molar refractivity (Wildman–Crippen MR) is 101 cm³/mol. The summed E-state index contributed by atoms with van der Waals surface area (Å²) in [7, 11) is 0. The minimum Gasteiger partial charge on any atom is -0.462 e. The molecule has 3 heteroatoms. The van der Waals surface area contributed by atoms with E-state index in [9.17, 15) is 9.59 Å². The summed E-state index contributed by atoms with van der Waals surface area (Å²) in [6.45, 7) is 9.10. The number of carbonyl (C=O) groups is 2. The second-order valence-corrected chi connectivity index (χ2v) is 9.98. The van der Waals surface area contributed by atoms with E-state index in [1.54, 1.807) is 0 Å². The van der Waals surface area contributed by atoms with Crippen molar-refractivity contribution in [2.45, 2.75) is 85.2 Å². The Morgan fingerprint density at radius 1 is 1.19 bits per heavy atom. The summed E-state index contributed by atoms with van der Waals surface area (Å²) in [6, 6.07) is 0. The second-order valence-electron chi connectivity index (χ2n) is 9.98. The van der Waals surface area contributed by atoms with Crippen LogP contribution in [0.2, 0.25) is 0 Å². The fourth-order valence-electron chi connectivity index (χ4n) is 7.29. The van der Waals surface area contributed by atoms with Gasteiger partial charge in [0, 0.05) is 18.3 Å². The summed E-state index contributed by atoms with van der Waals surface area (Å²) in [6.07, 6.45) is 9.98. The minimum atomic E-state index is -0.0429. The van der Waals surface area contributed by atoms with Gasteiger partial charge in [0.15, 0.2) is 5.78 Å². The number of hydrogen-bond acceptors (Lipinski definition) is 3. The molecule has 0 aromatic rings. The van der Waals surface area contributed by atoms with Gasteiger partial charge in [0.2, 0.25) is 0 Å². The van der Waals surface area contributed by atoms with Gasteiger partial charge in [-0.25, -0.2) is 0 Å². The topological polar surface area (TPSA) is 43.4 Å². The Morgan fingerprint density at radius 3 is 2.69 bits per heavy atom. The standard InChI is InChI=1S/C23H34O3/c1-5-20(25)26-19-7-6-17-21-14(2)12-15-13-16(24)8-10-22(15,3)18(21)9-11-23(17,19)4/h13-14,17-19,21H,5-12H2,1-4H3/t14-,17-,18-,19-,21-,22-,23-/m0/s1. The first-order valence-electron chi connectivity index (χ1n) is 10.7. The van der Waals surface area contributed by atoms with Gasteiger partial charge < -0.3 is 4.74 Å². The lowest BCUT2D eigenvalue weighted by Gasteiger charge is -2.59. The summed E-state index contributed by atoms with van der Waals surface area (Å²) < 4.78 is 5.90. The molecule has 26 heavy (non-hydrogen) atoms. The molecule has 0 N–H and O–H groups in total. The maximum Gasteiger partial charge on any atom is 0.305 e. The van der Waals surface area contributed by atoms with E-state index in [0.29, 0.717) is 35.9 Å². The summed E-state index contributed by atoms with van der Waals surface area (Å²) in [5.74, 6) is 2.95. The third-order valence-electron chi connectivity index (χ3n) is 8.78. The molecule has 3 saturated carbocycles. The third kappa shape index (κ3) is 2.52. The van der Waals surface area contributed by atoms with E-state index in [2.05, 4.69) is 20.8 Å². The van der Waals surface area contributed by atoms with Crippen LogP contribution in [0.5, 0.6) is 0 Å². The van der Waals surface area contributed by atoms with Crippen LogP contribution in [-0.2, 0) is 14.3 Å². The maximum absolute atomic E-state index is 12.0. The van der Waals surface area contributed by atoms with E-state index in [1.807, 2.05) is 13.0 Å². The van der Waals surface area contributed by atoms with E-state index in [-0.39, 0.29) is 22.9 Å². The van der Waals surface area contributed by atoms with Crippen LogP contribution in [0.4, 0.5) is 0 Å². The molecule has 7 atom stereocenters. The highest BCUT2D eigenvalue weighted by atomic mass is 16.5. The van der Waals surface area contributed by atoms with Gasteiger partial charge in [0.25, 0.3) is 0 Å². The number of carbonyl (C=O) groups excluding carboxylic acids is 2. The first kappa shape index (κ1) is 18.3. The van der Waals surface area contributed by atoms with E-state index < -0.39 is 0 Å². The van der Waals surface area contributed by atoms with Gasteiger partial charge in [-0.2, -0.15) is 0 Å². The molecule has 0 spiro atoms. The van der Waals surface area contributed by atoms with Gasteiger partial charge in [-0.3, -0.25) is 9.59 Å². The Balaban J connectivity index is 1.64. The van der Waals surface area contributed by atoms with Crippen LogP contribution < -0.4 is 0 Å². The van der Waals surface area contributed by atoms with E-state index in [1.165, 1.54) is 18.4 Å². The molecule has 0 aliphatic heterocycles. The van der Waals surface area contributed by atoms with Crippen LogP contribution in [0.15, 0.2) is 11.6 Å². The smallest absolute Gasteiger partial charge is 0.305 e. The number of ether oxygens (including phenoxy) is 1. The van der Waals surface area contributed by atoms with E-state index in [4.69, 9.17) is 4.74 Å². The fraction of sp³-hybridized carbons (Fsp3) is 0.826. The second kappa shape index (κ2) is 6.21. The van der Waals surface area contributed by atoms with Crippen molar-refractivity contribution >= 4 is 11.8 Å². The van der Waals surface area contributed by atoms with Gasteiger partial charge in [0.1, 0.15) is 6.10 Å². The van der Waals surface area contributed by atoms with Gasteiger partial charge in [-0.15, -0.1) is 0 Å². The van der Waals surface area contributed by atoms with Gasteiger partial charge in [-0.1, -0.05) is 33.3 Å². The largest absolute Gasteiger partial charge is 0.462 e. The first-order chi connectivity index (χ1) is 12.3. The zero-order valence-electron chi connectivity index (χ0n) is 16.8. The third-order valence-corrected chi connectivity index (χ3v) is 8.78. The molecule has 3 nitrogen and oxygen atoms in total. The van der Waals surface area contributed by atoms with Gasteiger partial charge >= 0.3 is 5.97 Å². The van der Waals surface area contributed by atoms with E-state index in [0.717, 1.165) is 32.1 Å². The molecular weight excluding hydrogens is 324 g/mol. The molecule has 0 saturated heterocycles.